The van der Waals surface area contributed by atoms with E-state index in [9.17, 15) is 9.18 Å². The van der Waals surface area contributed by atoms with Crippen LogP contribution in [0.15, 0.2) is 34.3 Å². The van der Waals surface area contributed by atoms with Crippen LogP contribution in [0, 0.1) is 17.7 Å². The molecule has 2 N–H and O–H groups in total. The van der Waals surface area contributed by atoms with Gasteiger partial charge in [-0.3, -0.25) is 4.79 Å². The monoisotopic (exact) mass is 319 g/mol. The third-order valence-electron chi connectivity index (χ3n) is 3.58. The average molecular weight is 319 g/mol. The van der Waals surface area contributed by atoms with Gasteiger partial charge in [0.15, 0.2) is 0 Å². The van der Waals surface area contributed by atoms with Crippen molar-refractivity contribution in [1.29, 1.82) is 0 Å². The number of esters is 1. The van der Waals surface area contributed by atoms with Gasteiger partial charge in [-0.25, -0.2) is 14.4 Å². The Bertz CT molecular complexity index is 636. The number of ether oxygens (including phenoxy) is 1. The second kappa shape index (κ2) is 6.89. The molecule has 0 saturated heterocycles. The van der Waals surface area contributed by atoms with E-state index in [2.05, 4.69) is 9.98 Å². The third-order valence-corrected chi connectivity index (χ3v) is 3.58. The second-order valence-corrected chi connectivity index (χ2v) is 6.19. The van der Waals surface area contributed by atoms with Gasteiger partial charge in [-0.15, -0.1) is 0 Å². The topological polar surface area (TPSA) is 77.0 Å². The van der Waals surface area contributed by atoms with Crippen LogP contribution in [0.1, 0.15) is 33.3 Å². The van der Waals surface area contributed by atoms with Gasteiger partial charge in [0, 0.05) is 0 Å². The molecule has 2 atom stereocenters. The Hall–Kier alpha value is -2.24. The number of halogens is 1. The smallest absolute Gasteiger partial charge is 0.317 e. The van der Waals surface area contributed by atoms with Crippen molar-refractivity contribution in [3.63, 3.8) is 0 Å². The van der Waals surface area contributed by atoms with Crippen LogP contribution in [0.5, 0.6) is 0 Å². The van der Waals surface area contributed by atoms with Crippen molar-refractivity contribution in [2.24, 2.45) is 27.6 Å². The molecule has 0 amide bonds. The number of guanidine groups is 1. The molecule has 0 radical (unpaired) electrons. The largest absolute Gasteiger partial charge is 0.462 e. The van der Waals surface area contributed by atoms with Crippen molar-refractivity contribution in [3.05, 3.63) is 35.6 Å². The number of benzene rings is 1. The number of hydrogen-bond acceptors (Lipinski definition) is 5. The molecular formula is C17H22FN3O2. The molecule has 23 heavy (non-hydrogen) atoms. The zero-order valence-corrected chi connectivity index (χ0v) is 13.8. The normalized spacial score (nSPS) is 21.2. The van der Waals surface area contributed by atoms with E-state index in [1.54, 1.807) is 26.0 Å². The highest BCUT2D eigenvalue weighted by atomic mass is 19.1. The summed E-state index contributed by atoms with van der Waals surface area (Å²) in [5.41, 5.74) is 6.93. The van der Waals surface area contributed by atoms with E-state index in [1.807, 2.05) is 13.8 Å². The second-order valence-electron chi connectivity index (χ2n) is 6.19. The molecule has 0 spiro atoms. The lowest BCUT2D eigenvalue weighted by molar-refractivity contribution is -0.150. The van der Waals surface area contributed by atoms with Gasteiger partial charge in [0.05, 0.1) is 17.9 Å². The van der Waals surface area contributed by atoms with E-state index < -0.39 is 11.9 Å². The van der Waals surface area contributed by atoms with Gasteiger partial charge in [-0.05, 0) is 37.5 Å². The van der Waals surface area contributed by atoms with Gasteiger partial charge >= 0.3 is 5.97 Å². The van der Waals surface area contributed by atoms with Crippen LogP contribution in [0.4, 0.5) is 4.39 Å². The minimum Gasteiger partial charge on any atom is -0.462 e. The van der Waals surface area contributed by atoms with Crippen LogP contribution in [0.25, 0.3) is 0 Å². The number of carbonyl (C=O) groups is 1. The highest BCUT2D eigenvalue weighted by Crippen LogP contribution is 2.27. The predicted octanol–water partition coefficient (Wildman–Crippen LogP) is 2.54. The van der Waals surface area contributed by atoms with Crippen LogP contribution in [-0.4, -0.2) is 29.8 Å². The number of carbonyl (C=O) groups excluding carboxylic acids is 1. The molecule has 0 bridgehead atoms. The first-order valence-corrected chi connectivity index (χ1v) is 7.68. The SMILES string of the molecule is CC(C)OC(=O)C1C(c2ccc(F)cc2)=NC(N)=NC1C(C)C. The standard InChI is InChI=1S/C17H22FN3O2/c1-9(2)14-13(16(22)23-10(3)4)15(21-17(19)20-14)11-5-7-12(18)8-6-11/h5-10,13-14H,1-4H3,(H2,19,20). The summed E-state index contributed by atoms with van der Waals surface area (Å²) in [5.74, 6) is -1.21. The maximum Gasteiger partial charge on any atom is 0.317 e. The van der Waals surface area contributed by atoms with E-state index >= 15 is 0 Å². The van der Waals surface area contributed by atoms with Gasteiger partial charge in [-0.2, -0.15) is 0 Å². The molecule has 1 aromatic rings. The minimum absolute atomic E-state index is 0.0733. The molecule has 0 aromatic heterocycles. The Morgan fingerprint density at radius 3 is 2.35 bits per heavy atom. The lowest BCUT2D eigenvalue weighted by atomic mass is 9.83. The molecule has 2 rings (SSSR count). The molecule has 1 aromatic carbocycles. The highest BCUT2D eigenvalue weighted by molar-refractivity contribution is 6.17. The molecule has 0 aliphatic carbocycles. The van der Waals surface area contributed by atoms with E-state index in [4.69, 9.17) is 10.5 Å². The van der Waals surface area contributed by atoms with E-state index in [-0.39, 0.29) is 29.8 Å². The van der Waals surface area contributed by atoms with Crippen LogP contribution < -0.4 is 5.73 Å². The Morgan fingerprint density at radius 2 is 1.83 bits per heavy atom. The van der Waals surface area contributed by atoms with Crippen LogP contribution in [-0.2, 0) is 9.53 Å². The summed E-state index contributed by atoms with van der Waals surface area (Å²) in [5, 5.41) is 0. The quantitative estimate of drug-likeness (QED) is 0.866. The summed E-state index contributed by atoms with van der Waals surface area (Å²) in [6, 6.07) is 5.46. The van der Waals surface area contributed by atoms with E-state index in [1.165, 1.54) is 12.1 Å². The van der Waals surface area contributed by atoms with E-state index in [0.717, 1.165) is 0 Å². The molecular weight excluding hydrogens is 297 g/mol. The first-order valence-electron chi connectivity index (χ1n) is 7.68. The summed E-state index contributed by atoms with van der Waals surface area (Å²) >= 11 is 0. The highest BCUT2D eigenvalue weighted by Gasteiger charge is 2.39. The molecule has 5 nitrogen and oxygen atoms in total. The van der Waals surface area contributed by atoms with Crippen LogP contribution in [0.2, 0.25) is 0 Å². The summed E-state index contributed by atoms with van der Waals surface area (Å²) in [7, 11) is 0. The molecule has 6 heteroatoms. The molecule has 124 valence electrons. The summed E-state index contributed by atoms with van der Waals surface area (Å²) in [4.78, 5) is 21.2. The fourth-order valence-electron chi connectivity index (χ4n) is 2.57. The maximum absolute atomic E-state index is 13.2. The molecule has 1 aliphatic heterocycles. The number of aliphatic imine (C=N–C) groups is 2. The Morgan fingerprint density at radius 1 is 1.22 bits per heavy atom. The fourth-order valence-corrected chi connectivity index (χ4v) is 2.57. The van der Waals surface area contributed by atoms with Crippen molar-refractivity contribution in [3.8, 4) is 0 Å². The Labute approximate surface area is 135 Å². The van der Waals surface area contributed by atoms with E-state index in [0.29, 0.717) is 11.3 Å². The predicted molar refractivity (Wildman–Crippen MR) is 87.9 cm³/mol. The van der Waals surface area contributed by atoms with Gasteiger partial charge in [-0.1, -0.05) is 26.0 Å². The van der Waals surface area contributed by atoms with Crippen molar-refractivity contribution in [2.75, 3.05) is 0 Å². The number of rotatable bonds is 4. The first-order chi connectivity index (χ1) is 10.8. The maximum atomic E-state index is 13.2. The Kier molecular flexibility index (Phi) is 5.13. The lowest BCUT2D eigenvalue weighted by Gasteiger charge is -2.30. The van der Waals surface area contributed by atoms with Crippen molar-refractivity contribution in [2.45, 2.75) is 39.8 Å². The van der Waals surface area contributed by atoms with Crippen molar-refractivity contribution in [1.82, 2.24) is 0 Å². The zero-order chi connectivity index (χ0) is 17.1. The first kappa shape index (κ1) is 17.1. The fraction of sp³-hybridized carbons (Fsp3) is 0.471. The number of nitrogens with zero attached hydrogens (tertiary/aromatic N) is 2. The zero-order valence-electron chi connectivity index (χ0n) is 13.8. The van der Waals surface area contributed by atoms with Gasteiger partial charge < -0.3 is 10.5 Å². The third kappa shape index (κ3) is 3.94. The van der Waals surface area contributed by atoms with Crippen LogP contribution in [0.3, 0.4) is 0 Å². The van der Waals surface area contributed by atoms with Gasteiger partial charge in [0.2, 0.25) is 5.96 Å². The lowest BCUT2D eigenvalue weighted by Crippen LogP contribution is -2.44. The molecule has 2 unspecified atom stereocenters. The Balaban J connectivity index is 2.47. The molecule has 1 aliphatic rings. The summed E-state index contributed by atoms with van der Waals surface area (Å²) < 4.78 is 18.6. The average Bonchev–Trinajstić information content (AvgIpc) is 2.46. The molecule has 0 saturated carbocycles. The number of hydrogen-bond donors (Lipinski definition) is 1. The minimum atomic E-state index is -0.657. The van der Waals surface area contributed by atoms with Crippen LogP contribution >= 0.6 is 0 Å². The molecule has 0 fully saturated rings. The van der Waals surface area contributed by atoms with Gasteiger partial charge in [0.1, 0.15) is 11.7 Å². The number of nitrogens with two attached hydrogens (primary N) is 1. The molecule has 1 heterocycles. The van der Waals surface area contributed by atoms with Crippen molar-refractivity contribution < 1.29 is 13.9 Å². The summed E-state index contributed by atoms with van der Waals surface area (Å²) in [6.45, 7) is 7.50. The van der Waals surface area contributed by atoms with Crippen molar-refractivity contribution >= 4 is 17.6 Å². The summed E-state index contributed by atoms with van der Waals surface area (Å²) in [6.07, 6.45) is -0.243. The van der Waals surface area contributed by atoms with Gasteiger partial charge in [0.25, 0.3) is 0 Å².